The van der Waals surface area contributed by atoms with Gasteiger partial charge in [0.05, 0.1) is 22.1 Å². The molecule has 51 heavy (non-hydrogen) atoms. The van der Waals surface area contributed by atoms with E-state index in [1.54, 1.807) is 0 Å². The molecule has 8 aromatic carbocycles. The summed E-state index contributed by atoms with van der Waals surface area (Å²) in [5.74, 6) is 0. The molecule has 0 aliphatic rings. The average Bonchev–Trinajstić information content (AvgIpc) is 3.84. The van der Waals surface area contributed by atoms with Crippen molar-refractivity contribution in [1.82, 2.24) is 9.13 Å². The molecule has 0 aliphatic heterocycles. The van der Waals surface area contributed by atoms with Gasteiger partial charge in [-0.2, -0.15) is 0 Å². The quantitative estimate of drug-likeness (QED) is 0.177. The zero-order valence-electron chi connectivity index (χ0n) is 27.6. The highest BCUT2D eigenvalue weighted by molar-refractivity contribution is 7.25. The Kier molecular flexibility index (Phi) is 6.16. The number of hydrogen-bond acceptors (Lipinski definition) is 1. The lowest BCUT2D eigenvalue weighted by molar-refractivity contribution is 1.17. The third-order valence-corrected chi connectivity index (χ3v) is 11.6. The number of fused-ring (bicyclic) bond motifs is 9. The molecule has 3 heterocycles. The van der Waals surface area contributed by atoms with Crippen molar-refractivity contribution >= 4 is 75.1 Å². The Morgan fingerprint density at radius 3 is 1.41 bits per heavy atom. The molecule has 0 radical (unpaired) electrons. The summed E-state index contributed by atoms with van der Waals surface area (Å²) in [6.07, 6.45) is 0. The fraction of sp³-hybridized carbons (Fsp3) is 0. The number of para-hydroxylation sites is 2. The minimum Gasteiger partial charge on any atom is -0.309 e. The fourth-order valence-electron chi connectivity index (χ4n) is 8.18. The topological polar surface area (TPSA) is 9.86 Å². The maximum absolute atomic E-state index is 2.47. The molecule has 0 bridgehead atoms. The zero-order valence-corrected chi connectivity index (χ0v) is 28.4. The van der Waals surface area contributed by atoms with Gasteiger partial charge in [-0.3, -0.25) is 0 Å². The second-order valence-corrected chi connectivity index (χ2v) is 14.5. The van der Waals surface area contributed by atoms with E-state index in [2.05, 4.69) is 191 Å². The van der Waals surface area contributed by atoms with Crippen molar-refractivity contribution in [2.75, 3.05) is 0 Å². The van der Waals surface area contributed by atoms with Crippen LogP contribution in [0.15, 0.2) is 182 Å². The van der Waals surface area contributed by atoms with Gasteiger partial charge in [-0.15, -0.1) is 11.3 Å². The van der Waals surface area contributed by atoms with E-state index in [9.17, 15) is 0 Å². The molecule has 0 N–H and O–H groups in total. The smallest absolute Gasteiger partial charge is 0.0562 e. The first kappa shape index (κ1) is 28.4. The van der Waals surface area contributed by atoms with Crippen molar-refractivity contribution < 1.29 is 0 Å². The number of thiophene rings is 1. The van der Waals surface area contributed by atoms with E-state index in [-0.39, 0.29) is 0 Å². The Morgan fingerprint density at radius 2 is 0.784 bits per heavy atom. The number of rotatable bonds is 4. The number of benzene rings is 8. The number of nitrogens with zero attached hydrogens (tertiary/aromatic N) is 2. The van der Waals surface area contributed by atoms with Gasteiger partial charge in [0.2, 0.25) is 0 Å². The monoisotopic (exact) mass is 666 g/mol. The molecule has 3 aromatic heterocycles. The van der Waals surface area contributed by atoms with Crippen molar-refractivity contribution in [2.45, 2.75) is 0 Å². The van der Waals surface area contributed by atoms with Crippen LogP contribution in [0, 0.1) is 0 Å². The summed E-state index contributed by atoms with van der Waals surface area (Å²) in [5.41, 5.74) is 12.0. The highest BCUT2D eigenvalue weighted by Crippen LogP contribution is 2.42. The first-order valence-electron chi connectivity index (χ1n) is 17.4. The lowest BCUT2D eigenvalue weighted by Gasteiger charge is -2.14. The van der Waals surface area contributed by atoms with E-state index in [1.165, 1.54) is 91.7 Å². The lowest BCUT2D eigenvalue weighted by atomic mass is 9.98. The molecule has 0 atom stereocenters. The first-order valence-corrected chi connectivity index (χ1v) is 18.2. The van der Waals surface area contributed by atoms with Crippen molar-refractivity contribution in [3.05, 3.63) is 182 Å². The molecule has 0 amide bonds. The molecule has 3 heteroatoms. The molecule has 2 nitrogen and oxygen atoms in total. The van der Waals surface area contributed by atoms with Crippen LogP contribution >= 0.6 is 11.3 Å². The molecule has 238 valence electrons. The Morgan fingerprint density at radius 1 is 0.275 bits per heavy atom. The highest BCUT2D eigenvalue weighted by atomic mass is 32.1. The van der Waals surface area contributed by atoms with Crippen LogP contribution in [0.5, 0.6) is 0 Å². The first-order chi connectivity index (χ1) is 25.3. The van der Waals surface area contributed by atoms with Gasteiger partial charge in [-0.25, -0.2) is 0 Å². The average molecular weight is 667 g/mol. The van der Waals surface area contributed by atoms with Gasteiger partial charge in [-0.05, 0) is 82.9 Å². The van der Waals surface area contributed by atoms with Crippen LogP contribution in [-0.4, -0.2) is 9.13 Å². The Bertz CT molecular complexity index is 3070. The van der Waals surface area contributed by atoms with Crippen LogP contribution in [0.2, 0.25) is 0 Å². The second-order valence-electron chi connectivity index (χ2n) is 13.4. The Balaban J connectivity index is 1.23. The van der Waals surface area contributed by atoms with Crippen LogP contribution in [0.1, 0.15) is 0 Å². The highest BCUT2D eigenvalue weighted by Gasteiger charge is 2.20. The van der Waals surface area contributed by atoms with Crippen molar-refractivity contribution in [3.63, 3.8) is 0 Å². The van der Waals surface area contributed by atoms with E-state index in [4.69, 9.17) is 0 Å². The number of hydrogen-bond donors (Lipinski definition) is 0. The third-order valence-electron chi connectivity index (χ3n) is 10.5. The van der Waals surface area contributed by atoms with E-state index < -0.39 is 0 Å². The van der Waals surface area contributed by atoms with Crippen LogP contribution in [-0.2, 0) is 0 Å². The van der Waals surface area contributed by atoms with E-state index >= 15 is 0 Å². The molecule has 0 saturated heterocycles. The normalized spacial score (nSPS) is 11.9. The molecule has 11 rings (SSSR count). The minimum atomic E-state index is 1.15. The van der Waals surface area contributed by atoms with Gasteiger partial charge in [0.25, 0.3) is 0 Å². The summed E-state index contributed by atoms with van der Waals surface area (Å²) >= 11 is 1.87. The van der Waals surface area contributed by atoms with Gasteiger partial charge < -0.3 is 9.13 Å². The van der Waals surface area contributed by atoms with Crippen LogP contribution in [0.25, 0.3) is 97.4 Å². The molecule has 11 aromatic rings. The van der Waals surface area contributed by atoms with Crippen LogP contribution in [0.3, 0.4) is 0 Å². The van der Waals surface area contributed by atoms with Gasteiger partial charge in [0.1, 0.15) is 0 Å². The van der Waals surface area contributed by atoms with Gasteiger partial charge >= 0.3 is 0 Å². The predicted octanol–water partition coefficient (Wildman–Crippen LogP) is 13.6. The largest absolute Gasteiger partial charge is 0.309 e. The zero-order chi connectivity index (χ0) is 33.5. The molecular formula is C48H30N2S. The molecule has 0 fully saturated rings. The molecular weight excluding hydrogens is 637 g/mol. The third kappa shape index (κ3) is 4.35. The maximum atomic E-state index is 2.47. The van der Waals surface area contributed by atoms with Crippen molar-refractivity contribution in [1.29, 1.82) is 0 Å². The molecule has 0 aliphatic carbocycles. The fourth-order valence-corrected chi connectivity index (χ4v) is 9.31. The Hall–Kier alpha value is -6.42. The SMILES string of the molecule is c1ccc(-c2cc(-c3ccccc3)cc(-n3c4ccccc4c4cc5c6ccccc6n(-c6ccc7c(c6)sc6ccccc67)c5cc43)c2)cc1. The maximum Gasteiger partial charge on any atom is 0.0562 e. The van der Waals surface area contributed by atoms with Crippen LogP contribution in [0.4, 0.5) is 0 Å². The summed E-state index contributed by atoms with van der Waals surface area (Å²) in [6.45, 7) is 0. The summed E-state index contributed by atoms with van der Waals surface area (Å²) < 4.78 is 7.57. The lowest BCUT2D eigenvalue weighted by Crippen LogP contribution is -1.97. The second kappa shape index (κ2) is 11.0. The summed E-state index contributed by atoms with van der Waals surface area (Å²) in [5, 5.41) is 7.68. The summed E-state index contributed by atoms with van der Waals surface area (Å²) in [6, 6.07) is 66.8. The standard InChI is InChI=1S/C48H30N2S/c1-3-13-31(14-4-1)33-25-34(32-15-5-2-6-16-32)27-36(26-33)50-44-21-11-8-18-38(44)42-29-41-37-17-7-10-20-43(37)49(45(41)30-46(42)50)35-23-24-40-39-19-9-12-22-47(39)51-48(40)28-35/h1-30H. The van der Waals surface area contributed by atoms with E-state index in [0.717, 1.165) is 5.69 Å². The summed E-state index contributed by atoms with van der Waals surface area (Å²) in [7, 11) is 0. The van der Waals surface area contributed by atoms with Crippen LogP contribution < -0.4 is 0 Å². The van der Waals surface area contributed by atoms with Crippen molar-refractivity contribution in [3.8, 4) is 33.6 Å². The summed E-state index contributed by atoms with van der Waals surface area (Å²) in [4.78, 5) is 0. The predicted molar refractivity (Wildman–Crippen MR) is 219 cm³/mol. The molecule has 0 saturated carbocycles. The van der Waals surface area contributed by atoms with Gasteiger partial charge in [-0.1, -0.05) is 121 Å². The number of aromatic nitrogens is 2. The van der Waals surface area contributed by atoms with Gasteiger partial charge in [0, 0.05) is 53.1 Å². The van der Waals surface area contributed by atoms with Crippen molar-refractivity contribution in [2.24, 2.45) is 0 Å². The molecule has 0 spiro atoms. The minimum absolute atomic E-state index is 1.15. The Labute approximate surface area is 298 Å². The van der Waals surface area contributed by atoms with E-state index in [0.29, 0.717) is 0 Å². The van der Waals surface area contributed by atoms with Gasteiger partial charge in [0.15, 0.2) is 0 Å². The van der Waals surface area contributed by atoms with E-state index in [1.807, 2.05) is 11.3 Å². The molecule has 0 unspecified atom stereocenters.